The van der Waals surface area contributed by atoms with Gasteiger partial charge in [-0.05, 0) is 6.26 Å². The topological polar surface area (TPSA) is 70.2 Å². The summed E-state index contributed by atoms with van der Waals surface area (Å²) in [5.41, 5.74) is 0. The molecule has 0 rings (SSSR count). The summed E-state index contributed by atoms with van der Waals surface area (Å²) in [6.07, 6.45) is 1.62. The van der Waals surface area contributed by atoms with E-state index in [1.165, 1.54) is 7.05 Å². The van der Waals surface area contributed by atoms with Crippen LogP contribution in [0, 0.1) is 15.5 Å². The molecule has 0 fully saturated rings. The van der Waals surface area contributed by atoms with Crippen LogP contribution in [0.3, 0.4) is 0 Å². The molecule has 0 atom stereocenters. The fourth-order valence-electron chi connectivity index (χ4n) is 0.202. The van der Waals surface area contributed by atoms with E-state index in [4.69, 9.17) is 1.41 Å². The van der Waals surface area contributed by atoms with Crippen LogP contribution in [-0.4, -0.2) is 28.5 Å². The van der Waals surface area contributed by atoms with Crippen LogP contribution >= 0.6 is 11.8 Å². The third-order valence-corrected chi connectivity index (χ3v) is 1.33. The van der Waals surface area contributed by atoms with Gasteiger partial charge in [0, 0.05) is 0 Å². The summed E-state index contributed by atoms with van der Waals surface area (Å²) >= 11 is 1.05. The number of hydrazine groups is 1. The SMILES string of the molecule is [H]/N=C(/SC)N(C)[N+](=O)[O-]. The number of nitro groups is 1. The molecule has 0 bridgehead atoms. The van der Waals surface area contributed by atoms with Gasteiger partial charge in [0.2, 0.25) is 5.17 Å². The van der Waals surface area contributed by atoms with Crippen molar-refractivity contribution in [2.45, 2.75) is 0 Å². The van der Waals surface area contributed by atoms with Gasteiger partial charge < -0.3 is 0 Å². The first-order chi connectivity index (χ1) is 4.63. The van der Waals surface area contributed by atoms with E-state index >= 15 is 0 Å². The molecule has 0 aliphatic carbocycles. The maximum absolute atomic E-state index is 10.0. The fourth-order valence-corrected chi connectivity index (χ4v) is 0.533. The highest BCUT2D eigenvalue weighted by Crippen LogP contribution is 1.98. The average molecular weight is 149 g/mol. The Morgan fingerprint density at radius 2 is 2.67 bits per heavy atom. The van der Waals surface area contributed by atoms with Crippen LogP contribution in [0.1, 0.15) is 0 Å². The molecule has 0 aliphatic heterocycles. The minimum Gasteiger partial charge on any atom is -0.274 e. The molecule has 0 aromatic carbocycles. The number of nitrogens with zero attached hydrogens (tertiary/aromatic N) is 2. The predicted octanol–water partition coefficient (Wildman–Crippen LogP) is 0.408. The van der Waals surface area contributed by atoms with E-state index < -0.39 is 5.03 Å². The Morgan fingerprint density at radius 1 is 2.11 bits per heavy atom. The van der Waals surface area contributed by atoms with Gasteiger partial charge >= 0.3 is 0 Å². The van der Waals surface area contributed by atoms with Gasteiger partial charge in [0.25, 0.3) is 0 Å². The van der Waals surface area contributed by atoms with Crippen LogP contribution in [0.25, 0.3) is 0 Å². The summed E-state index contributed by atoms with van der Waals surface area (Å²) in [5.74, 6) is 0. The van der Waals surface area contributed by atoms with E-state index in [0.717, 1.165) is 11.8 Å². The Kier molecular flexibility index (Phi) is 2.32. The average Bonchev–Trinajstić information content (AvgIpc) is 1.90. The van der Waals surface area contributed by atoms with Gasteiger partial charge in [0.15, 0.2) is 6.44 Å². The van der Waals surface area contributed by atoms with Gasteiger partial charge in [-0.1, -0.05) is 16.8 Å². The molecule has 5 nitrogen and oxygen atoms in total. The second kappa shape index (κ2) is 3.29. The third-order valence-electron chi connectivity index (χ3n) is 0.704. The van der Waals surface area contributed by atoms with Crippen molar-refractivity contribution >= 4 is 16.9 Å². The van der Waals surface area contributed by atoms with Crippen molar-refractivity contribution in [3.05, 3.63) is 10.1 Å². The van der Waals surface area contributed by atoms with Crippen LogP contribution in [0.5, 0.6) is 0 Å². The highest BCUT2D eigenvalue weighted by atomic mass is 32.2. The number of hydrogen-bond acceptors (Lipinski definition) is 4. The maximum atomic E-state index is 10.0. The van der Waals surface area contributed by atoms with Crippen molar-refractivity contribution in [1.29, 1.82) is 5.40 Å². The number of thioether (sulfide) groups is 1. The summed E-state index contributed by atoms with van der Waals surface area (Å²) in [4.78, 5) is 10.0. The van der Waals surface area contributed by atoms with Crippen molar-refractivity contribution < 1.29 is 6.44 Å². The maximum Gasteiger partial charge on any atom is 0.220 e. The Labute approximate surface area is 58.1 Å². The molecule has 0 aliphatic rings. The number of hydrogen-bond donors (Lipinski definition) is 1. The zero-order valence-corrected chi connectivity index (χ0v) is 5.88. The molecular weight excluding hydrogens is 142 g/mol. The van der Waals surface area contributed by atoms with Crippen molar-refractivity contribution in [2.75, 3.05) is 13.3 Å². The van der Waals surface area contributed by atoms with Gasteiger partial charge in [-0.25, -0.2) is 10.1 Å². The van der Waals surface area contributed by atoms with Crippen molar-refractivity contribution in [3.8, 4) is 0 Å². The molecule has 0 amide bonds. The number of nitrogens with one attached hydrogen (secondary N) is 1. The smallest absolute Gasteiger partial charge is 0.220 e. The van der Waals surface area contributed by atoms with Crippen LogP contribution in [-0.2, 0) is 0 Å². The molecule has 0 unspecified atom stereocenters. The molecule has 0 aromatic heterocycles. The second-order valence-electron chi connectivity index (χ2n) is 1.25. The minimum absolute atomic E-state index is 0.0602. The highest BCUT2D eigenvalue weighted by Gasteiger charge is 2.11. The first kappa shape index (κ1) is 6.34. The molecule has 0 heterocycles. The first-order valence-corrected chi connectivity index (χ1v) is 3.30. The summed E-state index contributed by atoms with van der Waals surface area (Å²) in [5, 5.41) is 13.1. The molecule has 1 N–H and O–H groups in total. The zero-order valence-electron chi connectivity index (χ0n) is 6.07. The normalized spacial score (nSPS) is 12.7. The molecule has 6 heteroatoms. The molecule has 52 valence electrons. The van der Waals surface area contributed by atoms with Gasteiger partial charge in [0.1, 0.15) is 0 Å². The molecule has 9 heavy (non-hydrogen) atoms. The van der Waals surface area contributed by atoms with E-state index in [1.54, 1.807) is 6.26 Å². The lowest BCUT2D eigenvalue weighted by atomic mass is 11.1. The van der Waals surface area contributed by atoms with Crippen LogP contribution in [0.2, 0.25) is 1.41 Å². The Bertz CT molecular complexity index is 162. The predicted molar refractivity (Wildman–Crippen MR) is 36.0 cm³/mol. The zero-order chi connectivity index (χ0) is 8.15. The van der Waals surface area contributed by atoms with E-state index in [9.17, 15) is 10.1 Å². The van der Waals surface area contributed by atoms with Crippen molar-refractivity contribution in [3.63, 3.8) is 0 Å². The Balaban J connectivity index is 4.17. The highest BCUT2D eigenvalue weighted by molar-refractivity contribution is 8.13. The lowest BCUT2D eigenvalue weighted by molar-refractivity contribution is -0.621. The summed E-state index contributed by atoms with van der Waals surface area (Å²) in [6.45, 7) is 0. The Morgan fingerprint density at radius 3 is 2.78 bits per heavy atom. The number of rotatable bonds is 1. The molecular formula is C3H7N3O2S. The first-order valence-electron chi connectivity index (χ1n) is 2.52. The van der Waals surface area contributed by atoms with Crippen LogP contribution in [0.15, 0.2) is 0 Å². The standard InChI is InChI=1S/C3H7N3O2S/c1-5(6(7)8)3(4)9-2/h4H,1-2H3/b4-3+. The van der Waals surface area contributed by atoms with Gasteiger partial charge in [-0.2, -0.15) is 0 Å². The monoisotopic (exact) mass is 149 g/mol. The quantitative estimate of drug-likeness (QED) is 0.253. The van der Waals surface area contributed by atoms with E-state index in [2.05, 4.69) is 5.40 Å². The second-order valence-corrected chi connectivity index (χ2v) is 2.02. The Hall–Kier alpha value is -0.780. The van der Waals surface area contributed by atoms with Crippen LogP contribution in [0.4, 0.5) is 0 Å². The van der Waals surface area contributed by atoms with E-state index in [-0.39, 0.29) is 5.17 Å². The van der Waals surface area contributed by atoms with Gasteiger partial charge in [-0.15, -0.1) is 0 Å². The van der Waals surface area contributed by atoms with Crippen LogP contribution < -0.4 is 0 Å². The van der Waals surface area contributed by atoms with E-state index in [1.807, 2.05) is 0 Å². The molecule has 0 saturated heterocycles. The lowest BCUT2D eigenvalue weighted by Gasteiger charge is -2.04. The summed E-state index contributed by atoms with van der Waals surface area (Å²) < 4.78 is 6.50. The van der Waals surface area contributed by atoms with E-state index in [0.29, 0.717) is 5.01 Å². The van der Waals surface area contributed by atoms with Gasteiger partial charge in [0.05, 0.1) is 7.05 Å². The van der Waals surface area contributed by atoms with Gasteiger partial charge in [-0.3, -0.25) is 5.40 Å². The summed E-state index contributed by atoms with van der Waals surface area (Å²) in [7, 11) is 1.24. The lowest BCUT2D eigenvalue weighted by Crippen LogP contribution is -2.29. The van der Waals surface area contributed by atoms with Crippen molar-refractivity contribution in [2.24, 2.45) is 0 Å². The third kappa shape index (κ3) is 2.31. The largest absolute Gasteiger partial charge is 0.274 e. The molecule has 0 aromatic rings. The molecule has 0 radical (unpaired) electrons. The van der Waals surface area contributed by atoms with Crippen molar-refractivity contribution in [1.82, 2.24) is 5.01 Å². The number of amidine groups is 1. The minimum atomic E-state index is -0.635. The molecule has 0 spiro atoms. The fraction of sp³-hybridized carbons (Fsp3) is 0.667. The molecule has 0 saturated carbocycles. The summed E-state index contributed by atoms with van der Waals surface area (Å²) in [6, 6.07) is 0.